The van der Waals surface area contributed by atoms with Crippen LogP contribution in [0.2, 0.25) is 5.02 Å². The first-order chi connectivity index (χ1) is 9.24. The van der Waals surface area contributed by atoms with Crippen LogP contribution in [0.5, 0.6) is 0 Å². The molecule has 1 aliphatic heterocycles. The summed E-state index contributed by atoms with van der Waals surface area (Å²) in [6.07, 6.45) is 4.64. The van der Waals surface area contributed by atoms with Gasteiger partial charge in [0.15, 0.2) is 0 Å². The van der Waals surface area contributed by atoms with Gasteiger partial charge >= 0.3 is 6.09 Å². The second kappa shape index (κ2) is 5.21. The summed E-state index contributed by atoms with van der Waals surface area (Å²) in [6.45, 7) is 0. The molecule has 1 saturated carbocycles. The zero-order valence-corrected chi connectivity index (χ0v) is 11.3. The molecule has 1 aromatic carbocycles. The van der Waals surface area contributed by atoms with E-state index in [2.05, 4.69) is 5.10 Å². The summed E-state index contributed by atoms with van der Waals surface area (Å²) < 4.78 is 5.49. The highest BCUT2D eigenvalue weighted by Gasteiger charge is 2.32. The number of carbonyl (C=O) groups excluding carboxylic acids is 1. The molecule has 100 valence electrons. The predicted octanol–water partition coefficient (Wildman–Crippen LogP) is 3.99. The summed E-state index contributed by atoms with van der Waals surface area (Å²) in [5.41, 5.74) is 1.66. The summed E-state index contributed by atoms with van der Waals surface area (Å²) in [7, 11) is 0. The van der Waals surface area contributed by atoms with Gasteiger partial charge in [0.2, 0.25) is 0 Å². The van der Waals surface area contributed by atoms with Crippen molar-refractivity contribution in [2.45, 2.75) is 38.2 Å². The Hall–Kier alpha value is -1.55. The quantitative estimate of drug-likeness (QED) is 0.779. The molecular formula is C14H15ClN2O2. The topological polar surface area (TPSA) is 41.9 Å². The number of hydrogen-bond donors (Lipinski definition) is 0. The molecule has 19 heavy (non-hydrogen) atoms. The number of hydrogen-bond acceptors (Lipinski definition) is 3. The normalized spacial score (nSPS) is 23.2. The number of anilines is 1. The van der Waals surface area contributed by atoms with Crippen molar-refractivity contribution in [2.75, 3.05) is 5.01 Å². The predicted molar refractivity (Wildman–Crippen MR) is 74.7 cm³/mol. The van der Waals surface area contributed by atoms with Crippen molar-refractivity contribution in [2.24, 2.45) is 5.10 Å². The molecule has 4 nitrogen and oxygen atoms in total. The van der Waals surface area contributed by atoms with Gasteiger partial charge in [-0.25, -0.2) is 4.79 Å². The standard InChI is InChI=1S/C14H15ClN2O2/c15-10-6-8-11(9-7-10)17-14(18)19-13-5-3-1-2-4-12(13)16-17/h6-9,13H,1-5H2. The van der Waals surface area contributed by atoms with Crippen LogP contribution in [0.1, 0.15) is 32.1 Å². The summed E-state index contributed by atoms with van der Waals surface area (Å²) in [4.78, 5) is 12.0. The lowest BCUT2D eigenvalue weighted by Crippen LogP contribution is -2.40. The van der Waals surface area contributed by atoms with Crippen molar-refractivity contribution in [3.63, 3.8) is 0 Å². The highest BCUT2D eigenvalue weighted by Crippen LogP contribution is 2.27. The molecule has 0 bridgehead atoms. The molecular weight excluding hydrogens is 264 g/mol. The maximum Gasteiger partial charge on any atom is 0.435 e. The largest absolute Gasteiger partial charge is 0.438 e. The minimum absolute atomic E-state index is 0.126. The van der Waals surface area contributed by atoms with E-state index in [9.17, 15) is 4.79 Å². The summed E-state index contributed by atoms with van der Waals surface area (Å²) >= 11 is 5.85. The Balaban J connectivity index is 1.91. The third-order valence-electron chi connectivity index (χ3n) is 3.49. The van der Waals surface area contributed by atoms with Crippen LogP contribution in [0.15, 0.2) is 29.4 Å². The van der Waals surface area contributed by atoms with Gasteiger partial charge in [-0.15, -0.1) is 0 Å². The molecule has 0 N–H and O–H groups in total. The smallest absolute Gasteiger partial charge is 0.435 e. The number of halogens is 1. The zero-order chi connectivity index (χ0) is 13.2. The summed E-state index contributed by atoms with van der Waals surface area (Å²) in [5.74, 6) is 0. The van der Waals surface area contributed by atoms with Gasteiger partial charge in [0, 0.05) is 5.02 Å². The fourth-order valence-corrected chi connectivity index (χ4v) is 2.59. The van der Waals surface area contributed by atoms with Crippen molar-refractivity contribution >= 4 is 29.1 Å². The lowest BCUT2D eigenvalue weighted by atomic mass is 10.1. The van der Waals surface area contributed by atoms with Gasteiger partial charge in [-0.3, -0.25) is 0 Å². The van der Waals surface area contributed by atoms with Gasteiger partial charge in [-0.1, -0.05) is 18.0 Å². The zero-order valence-electron chi connectivity index (χ0n) is 10.5. The van der Waals surface area contributed by atoms with Gasteiger partial charge < -0.3 is 4.74 Å². The van der Waals surface area contributed by atoms with Crippen LogP contribution in [0, 0.1) is 0 Å². The van der Waals surface area contributed by atoms with Gasteiger partial charge in [-0.05, 0) is 49.9 Å². The number of fused-ring (bicyclic) bond motifs is 1. The van der Waals surface area contributed by atoms with Crippen LogP contribution < -0.4 is 5.01 Å². The third kappa shape index (κ3) is 2.59. The van der Waals surface area contributed by atoms with E-state index in [4.69, 9.17) is 16.3 Å². The van der Waals surface area contributed by atoms with Gasteiger partial charge in [-0.2, -0.15) is 10.1 Å². The lowest BCUT2D eigenvalue weighted by Gasteiger charge is -2.28. The Morgan fingerprint density at radius 3 is 2.79 bits per heavy atom. The van der Waals surface area contributed by atoms with Crippen LogP contribution in [-0.2, 0) is 4.74 Å². The molecule has 3 rings (SSSR count). The van der Waals surface area contributed by atoms with E-state index >= 15 is 0 Å². The number of carbonyl (C=O) groups is 1. The first-order valence-electron chi connectivity index (χ1n) is 6.58. The second-order valence-electron chi connectivity index (χ2n) is 4.85. The molecule has 0 spiro atoms. The molecule has 1 unspecified atom stereocenters. The summed E-state index contributed by atoms with van der Waals surface area (Å²) in [6, 6.07) is 7.02. The molecule has 1 aliphatic carbocycles. The molecule has 0 saturated heterocycles. The first-order valence-corrected chi connectivity index (χ1v) is 6.95. The van der Waals surface area contributed by atoms with Gasteiger partial charge in [0.25, 0.3) is 0 Å². The molecule has 1 amide bonds. The second-order valence-corrected chi connectivity index (χ2v) is 5.29. The molecule has 1 heterocycles. The molecule has 5 heteroatoms. The van der Waals surface area contributed by atoms with E-state index in [0.29, 0.717) is 10.7 Å². The van der Waals surface area contributed by atoms with E-state index < -0.39 is 6.09 Å². The van der Waals surface area contributed by atoms with Gasteiger partial charge in [0.1, 0.15) is 6.10 Å². The Morgan fingerprint density at radius 2 is 2.00 bits per heavy atom. The van der Waals surface area contributed by atoms with E-state index in [1.807, 2.05) is 0 Å². The van der Waals surface area contributed by atoms with Crippen LogP contribution in [-0.4, -0.2) is 17.9 Å². The minimum Gasteiger partial charge on any atom is -0.438 e. The molecule has 1 fully saturated rings. The monoisotopic (exact) mass is 278 g/mol. The Morgan fingerprint density at radius 1 is 1.21 bits per heavy atom. The number of rotatable bonds is 1. The van der Waals surface area contributed by atoms with Crippen molar-refractivity contribution in [1.29, 1.82) is 0 Å². The number of nitrogens with zero attached hydrogens (tertiary/aromatic N) is 2. The molecule has 1 atom stereocenters. The highest BCUT2D eigenvalue weighted by molar-refractivity contribution is 6.30. The minimum atomic E-state index is -0.405. The molecule has 0 aromatic heterocycles. The fraction of sp³-hybridized carbons (Fsp3) is 0.429. The van der Waals surface area contributed by atoms with Crippen LogP contribution in [0.4, 0.5) is 10.5 Å². The average Bonchev–Trinajstić information content (AvgIpc) is 2.63. The number of benzene rings is 1. The van der Waals surface area contributed by atoms with E-state index in [0.717, 1.165) is 31.4 Å². The van der Waals surface area contributed by atoms with Crippen molar-refractivity contribution in [3.05, 3.63) is 29.3 Å². The molecule has 1 aromatic rings. The lowest BCUT2D eigenvalue weighted by molar-refractivity contribution is 0.124. The number of hydrazone groups is 1. The Labute approximate surface area is 117 Å². The first kappa shape index (κ1) is 12.5. The molecule has 2 aliphatic rings. The average molecular weight is 279 g/mol. The Bertz CT molecular complexity index is 513. The third-order valence-corrected chi connectivity index (χ3v) is 3.74. The number of ether oxygens (including phenoxy) is 1. The van der Waals surface area contributed by atoms with Crippen molar-refractivity contribution in [3.8, 4) is 0 Å². The van der Waals surface area contributed by atoms with Crippen molar-refractivity contribution in [1.82, 2.24) is 0 Å². The molecule has 0 radical (unpaired) electrons. The van der Waals surface area contributed by atoms with E-state index in [1.54, 1.807) is 24.3 Å². The summed E-state index contributed by atoms with van der Waals surface area (Å²) in [5, 5.41) is 6.44. The van der Waals surface area contributed by atoms with Crippen LogP contribution >= 0.6 is 11.6 Å². The van der Waals surface area contributed by atoms with Gasteiger partial charge in [0.05, 0.1) is 11.4 Å². The Kier molecular flexibility index (Phi) is 3.42. The fourth-order valence-electron chi connectivity index (χ4n) is 2.47. The SMILES string of the molecule is O=C1OC2CCCCCC2=NN1c1ccc(Cl)cc1. The van der Waals surface area contributed by atoms with Crippen molar-refractivity contribution < 1.29 is 9.53 Å². The van der Waals surface area contributed by atoms with Crippen LogP contribution in [0.25, 0.3) is 0 Å². The maximum absolute atomic E-state index is 12.0. The van der Waals surface area contributed by atoms with Crippen LogP contribution in [0.3, 0.4) is 0 Å². The van der Waals surface area contributed by atoms with E-state index in [1.165, 1.54) is 11.4 Å². The van der Waals surface area contributed by atoms with E-state index in [-0.39, 0.29) is 6.10 Å². The maximum atomic E-state index is 12.0. The highest BCUT2D eigenvalue weighted by atomic mass is 35.5. The number of amides is 1.